The van der Waals surface area contributed by atoms with Gasteiger partial charge in [-0.05, 0) is 48.0 Å². The van der Waals surface area contributed by atoms with Crippen LogP contribution in [0.3, 0.4) is 0 Å². The molecule has 36 heavy (non-hydrogen) atoms. The molecule has 0 unspecified atom stereocenters. The van der Waals surface area contributed by atoms with Gasteiger partial charge in [-0.25, -0.2) is 14.9 Å². The van der Waals surface area contributed by atoms with Gasteiger partial charge in [0.05, 0.1) is 23.3 Å². The molecule has 2 aromatic heterocycles. The summed E-state index contributed by atoms with van der Waals surface area (Å²) in [5.41, 5.74) is 10.4. The molecule has 3 N–H and O–H groups in total. The van der Waals surface area contributed by atoms with Gasteiger partial charge in [0.25, 0.3) is 5.91 Å². The molecule has 0 saturated heterocycles. The summed E-state index contributed by atoms with van der Waals surface area (Å²) in [6, 6.07) is 17.1. The van der Waals surface area contributed by atoms with E-state index in [1.807, 2.05) is 30.3 Å². The maximum atomic E-state index is 14.8. The zero-order chi connectivity index (χ0) is 25.7. The molecule has 4 aromatic rings. The summed E-state index contributed by atoms with van der Waals surface area (Å²) < 4.78 is 14.8. The zero-order valence-corrected chi connectivity index (χ0v) is 19.7. The van der Waals surface area contributed by atoms with E-state index in [1.165, 1.54) is 17.0 Å². The zero-order valence-electron chi connectivity index (χ0n) is 19.7. The van der Waals surface area contributed by atoms with Crippen molar-refractivity contribution >= 4 is 34.2 Å². The molecule has 10 heteroatoms. The lowest BCUT2D eigenvalue weighted by Gasteiger charge is -2.12. The lowest BCUT2D eigenvalue weighted by molar-refractivity contribution is -0.127. The summed E-state index contributed by atoms with van der Waals surface area (Å²) in [4.78, 5) is 34.1. The van der Waals surface area contributed by atoms with Crippen molar-refractivity contribution in [3.8, 4) is 11.3 Å². The second-order valence-corrected chi connectivity index (χ2v) is 8.23. The van der Waals surface area contributed by atoms with Crippen LogP contribution in [-0.4, -0.2) is 47.3 Å². The molecule has 0 radical (unpaired) electrons. The van der Waals surface area contributed by atoms with Crippen LogP contribution in [0.2, 0.25) is 0 Å². The van der Waals surface area contributed by atoms with Gasteiger partial charge in [0.15, 0.2) is 5.82 Å². The molecule has 0 aliphatic carbocycles. The first-order valence-corrected chi connectivity index (χ1v) is 11.1. The van der Waals surface area contributed by atoms with Crippen LogP contribution in [0.5, 0.6) is 0 Å². The molecule has 4 rings (SSSR count). The Balaban J connectivity index is 1.52. The predicted octanol–water partition coefficient (Wildman–Crippen LogP) is 4.53. The Morgan fingerprint density at radius 2 is 1.92 bits per heavy atom. The molecule has 9 nitrogen and oxygen atoms in total. The van der Waals surface area contributed by atoms with Crippen molar-refractivity contribution in [2.75, 3.05) is 26.0 Å². The van der Waals surface area contributed by atoms with E-state index in [0.29, 0.717) is 29.3 Å². The number of benzene rings is 2. The summed E-state index contributed by atoms with van der Waals surface area (Å²) in [6.45, 7) is 0.207. The summed E-state index contributed by atoms with van der Waals surface area (Å²) in [6.07, 6.45) is 1.74. The van der Waals surface area contributed by atoms with E-state index >= 15 is 0 Å². The number of likely N-dealkylation sites (N-methyl/N-ethyl adjacent to an activating group) is 1. The number of anilines is 1. The van der Waals surface area contributed by atoms with Crippen molar-refractivity contribution < 1.29 is 14.0 Å². The minimum Gasteiger partial charge on any atom is -0.364 e. The van der Waals surface area contributed by atoms with Gasteiger partial charge in [-0.15, -0.1) is 0 Å². The maximum Gasteiger partial charge on any atom is 0.254 e. The second kappa shape index (κ2) is 10.7. The molecule has 0 fully saturated rings. The monoisotopic (exact) mass is 485 g/mol. The van der Waals surface area contributed by atoms with E-state index < -0.39 is 11.7 Å². The number of rotatable bonds is 8. The molecule has 0 spiro atoms. The third kappa shape index (κ3) is 5.49. The number of pyridine rings is 2. The number of hydrogen-bond acceptors (Lipinski definition) is 7. The van der Waals surface area contributed by atoms with E-state index in [9.17, 15) is 14.0 Å². The number of fused-ring (bicyclic) bond motifs is 1. The quantitative estimate of drug-likeness (QED) is 0.317. The summed E-state index contributed by atoms with van der Waals surface area (Å²) >= 11 is 0. The van der Waals surface area contributed by atoms with E-state index in [-0.39, 0.29) is 18.0 Å². The highest BCUT2D eigenvalue weighted by Crippen LogP contribution is 2.29. The fourth-order valence-electron chi connectivity index (χ4n) is 3.52. The lowest BCUT2D eigenvalue weighted by atomic mass is 10.1. The van der Waals surface area contributed by atoms with Crippen LogP contribution in [-0.2, 0) is 11.3 Å². The van der Waals surface area contributed by atoms with E-state index in [0.717, 1.165) is 16.5 Å². The molecule has 2 amide bonds. The van der Waals surface area contributed by atoms with E-state index in [2.05, 4.69) is 25.7 Å². The summed E-state index contributed by atoms with van der Waals surface area (Å²) in [5.74, 6) is -1.35. The van der Waals surface area contributed by atoms with Gasteiger partial charge < -0.3 is 15.5 Å². The highest BCUT2D eigenvalue weighted by molar-refractivity contribution is 5.97. The van der Waals surface area contributed by atoms with Crippen molar-refractivity contribution in [1.82, 2.24) is 20.2 Å². The largest absolute Gasteiger partial charge is 0.364 e. The Kier molecular flexibility index (Phi) is 7.24. The van der Waals surface area contributed by atoms with Crippen LogP contribution in [0.25, 0.3) is 22.2 Å². The van der Waals surface area contributed by atoms with Crippen LogP contribution >= 0.6 is 0 Å². The van der Waals surface area contributed by atoms with Crippen LogP contribution in [0.15, 0.2) is 72.0 Å². The van der Waals surface area contributed by atoms with E-state index in [1.54, 1.807) is 38.5 Å². The van der Waals surface area contributed by atoms with Gasteiger partial charge in [0.1, 0.15) is 11.5 Å². The molecule has 0 bridgehead atoms. The van der Waals surface area contributed by atoms with Gasteiger partial charge in [-0.1, -0.05) is 18.2 Å². The lowest BCUT2D eigenvalue weighted by Crippen LogP contribution is -2.36. The molecule has 182 valence electrons. The third-order valence-corrected chi connectivity index (χ3v) is 5.53. The number of halogens is 1. The summed E-state index contributed by atoms with van der Waals surface area (Å²) in [5, 5.41) is 10.1. The summed E-state index contributed by atoms with van der Waals surface area (Å²) in [7, 11) is 3.14. The van der Waals surface area contributed by atoms with Gasteiger partial charge >= 0.3 is 0 Å². The van der Waals surface area contributed by atoms with Crippen LogP contribution in [0, 0.1) is 11.3 Å². The first kappa shape index (κ1) is 24.4. The van der Waals surface area contributed by atoms with Gasteiger partial charge in [-0.3, -0.25) is 14.6 Å². The number of aromatic nitrogens is 2. The standard InChI is InChI=1S/C26H24FN7O2/c1-34(2)24(35)15-31-26(36)19-7-6-18(13-20(19)27)22-9-10-23(33-28)25(32-22)30-14-16-5-8-21-17(12-16)4-3-11-29-21/h3-13,28H,14-15H2,1-2H3,(H,30,32)(H,31,36). The highest BCUT2D eigenvalue weighted by atomic mass is 19.1. The van der Waals surface area contributed by atoms with Crippen LogP contribution in [0.4, 0.5) is 15.9 Å². The number of carbonyl (C=O) groups is 2. The number of amides is 2. The molecule has 2 aromatic carbocycles. The van der Waals surface area contributed by atoms with Crippen molar-refractivity contribution in [2.45, 2.75) is 6.54 Å². The second-order valence-electron chi connectivity index (χ2n) is 8.23. The van der Waals surface area contributed by atoms with Crippen LogP contribution < -0.4 is 10.6 Å². The number of nitrogens with one attached hydrogen (secondary N) is 3. The molecular formula is C26H24FN7O2. The van der Waals surface area contributed by atoms with Crippen molar-refractivity contribution in [3.05, 3.63) is 83.8 Å². The van der Waals surface area contributed by atoms with Gasteiger partial charge in [-0.2, -0.15) is 5.11 Å². The average molecular weight is 486 g/mol. The molecule has 0 aliphatic rings. The Morgan fingerprint density at radius 3 is 2.67 bits per heavy atom. The Hall–Kier alpha value is -4.73. The van der Waals surface area contributed by atoms with Crippen LogP contribution in [0.1, 0.15) is 15.9 Å². The minimum atomic E-state index is -0.738. The van der Waals surface area contributed by atoms with Crippen molar-refractivity contribution in [3.63, 3.8) is 0 Å². The van der Waals surface area contributed by atoms with Crippen molar-refractivity contribution in [1.29, 1.82) is 5.53 Å². The Labute approximate surface area is 206 Å². The smallest absolute Gasteiger partial charge is 0.254 e. The minimum absolute atomic E-state index is 0.174. The molecule has 0 saturated carbocycles. The van der Waals surface area contributed by atoms with Crippen molar-refractivity contribution in [2.24, 2.45) is 5.11 Å². The normalized spacial score (nSPS) is 10.6. The Morgan fingerprint density at radius 1 is 1.08 bits per heavy atom. The van der Waals surface area contributed by atoms with Gasteiger partial charge in [0.2, 0.25) is 5.91 Å². The molecule has 2 heterocycles. The fourth-order valence-corrected chi connectivity index (χ4v) is 3.52. The SMILES string of the molecule is CN(C)C(=O)CNC(=O)c1ccc(-c2ccc(N=N)c(NCc3ccc4ncccc4c3)n2)cc1F. The van der Waals surface area contributed by atoms with E-state index in [4.69, 9.17) is 5.53 Å². The Bertz CT molecular complexity index is 1460. The molecule has 0 aliphatic heterocycles. The number of hydrogen-bond donors (Lipinski definition) is 3. The number of nitrogens with zero attached hydrogens (tertiary/aromatic N) is 4. The predicted molar refractivity (Wildman–Crippen MR) is 135 cm³/mol. The maximum absolute atomic E-state index is 14.8. The fraction of sp³-hybridized carbons (Fsp3) is 0.154. The molecular weight excluding hydrogens is 461 g/mol. The first-order chi connectivity index (χ1) is 17.4. The topological polar surface area (TPSA) is 123 Å². The third-order valence-electron chi connectivity index (χ3n) is 5.53. The first-order valence-electron chi connectivity index (χ1n) is 11.1. The van der Waals surface area contributed by atoms with Gasteiger partial charge in [0, 0.05) is 37.8 Å². The molecule has 0 atom stereocenters. The highest BCUT2D eigenvalue weighted by Gasteiger charge is 2.16. The number of carbonyl (C=O) groups excluding carboxylic acids is 2. The average Bonchev–Trinajstić information content (AvgIpc) is 2.89.